The highest BCUT2D eigenvalue weighted by atomic mass is 19.4. The molecular formula is C13H17F4NO. The van der Waals surface area contributed by atoms with Crippen LogP contribution in [-0.4, -0.2) is 19.3 Å². The van der Waals surface area contributed by atoms with Gasteiger partial charge in [-0.05, 0) is 32.0 Å². The molecule has 0 bridgehead atoms. The Morgan fingerprint density at radius 3 is 2.58 bits per heavy atom. The first-order valence-corrected chi connectivity index (χ1v) is 6.06. The minimum Gasteiger partial charge on any atom is -0.484 e. The molecule has 1 N–H and O–H groups in total. The summed E-state index contributed by atoms with van der Waals surface area (Å²) in [4.78, 5) is 0. The SMILES string of the molecule is CCCNC(C)c1c(F)cccc1OCC(F)(F)F. The molecule has 108 valence electrons. The Balaban J connectivity index is 2.88. The molecule has 0 heterocycles. The molecule has 0 radical (unpaired) electrons. The number of halogens is 4. The molecule has 2 nitrogen and oxygen atoms in total. The zero-order chi connectivity index (χ0) is 14.5. The fraction of sp³-hybridized carbons (Fsp3) is 0.538. The molecule has 6 heteroatoms. The van der Waals surface area contributed by atoms with Gasteiger partial charge in [-0.3, -0.25) is 0 Å². The Bertz CT molecular complexity index is 406. The molecule has 19 heavy (non-hydrogen) atoms. The normalized spacial score (nSPS) is 13.4. The van der Waals surface area contributed by atoms with Crippen LogP contribution in [0.2, 0.25) is 0 Å². The summed E-state index contributed by atoms with van der Waals surface area (Å²) in [5, 5.41) is 3.03. The standard InChI is InChI=1S/C13H17F4NO/c1-3-7-18-9(2)12-10(14)5-4-6-11(12)19-8-13(15,16)17/h4-6,9,18H,3,7-8H2,1-2H3. The van der Waals surface area contributed by atoms with Gasteiger partial charge in [-0.15, -0.1) is 0 Å². The quantitative estimate of drug-likeness (QED) is 0.799. The maximum atomic E-state index is 13.7. The van der Waals surface area contributed by atoms with Crippen LogP contribution in [0.25, 0.3) is 0 Å². The van der Waals surface area contributed by atoms with Crippen LogP contribution in [-0.2, 0) is 0 Å². The van der Waals surface area contributed by atoms with E-state index in [1.165, 1.54) is 18.2 Å². The Labute approximate surface area is 109 Å². The van der Waals surface area contributed by atoms with Gasteiger partial charge in [0.15, 0.2) is 6.61 Å². The highest BCUT2D eigenvalue weighted by Crippen LogP contribution is 2.29. The van der Waals surface area contributed by atoms with Gasteiger partial charge in [0, 0.05) is 11.6 Å². The number of nitrogens with one attached hydrogen (secondary N) is 1. The number of ether oxygens (including phenoxy) is 1. The molecular weight excluding hydrogens is 262 g/mol. The van der Waals surface area contributed by atoms with E-state index in [0.717, 1.165) is 6.42 Å². The lowest BCUT2D eigenvalue weighted by atomic mass is 10.1. The van der Waals surface area contributed by atoms with E-state index in [1.807, 2.05) is 6.92 Å². The Morgan fingerprint density at radius 2 is 2.00 bits per heavy atom. The molecule has 1 rings (SSSR count). The summed E-state index contributed by atoms with van der Waals surface area (Å²) >= 11 is 0. The van der Waals surface area contributed by atoms with Crippen LogP contribution in [0.4, 0.5) is 17.6 Å². The fourth-order valence-electron chi connectivity index (χ4n) is 1.69. The molecule has 0 aliphatic rings. The van der Waals surface area contributed by atoms with Crippen molar-refractivity contribution in [2.45, 2.75) is 32.5 Å². The van der Waals surface area contributed by atoms with Crippen LogP contribution in [0.3, 0.4) is 0 Å². The molecule has 0 fully saturated rings. The van der Waals surface area contributed by atoms with Crippen molar-refractivity contribution >= 4 is 0 Å². The lowest BCUT2D eigenvalue weighted by molar-refractivity contribution is -0.153. The molecule has 0 amide bonds. The van der Waals surface area contributed by atoms with Crippen molar-refractivity contribution in [3.8, 4) is 5.75 Å². The molecule has 0 aliphatic carbocycles. The molecule has 0 aromatic heterocycles. The number of hydrogen-bond donors (Lipinski definition) is 1. The second-order valence-electron chi connectivity index (χ2n) is 4.23. The van der Waals surface area contributed by atoms with Crippen LogP contribution >= 0.6 is 0 Å². The summed E-state index contributed by atoms with van der Waals surface area (Å²) in [6, 6.07) is 3.47. The van der Waals surface area contributed by atoms with Crippen molar-refractivity contribution in [2.75, 3.05) is 13.2 Å². The van der Waals surface area contributed by atoms with Crippen LogP contribution in [0, 0.1) is 5.82 Å². The first kappa shape index (κ1) is 15.8. The minimum atomic E-state index is -4.44. The molecule has 1 aromatic carbocycles. The summed E-state index contributed by atoms with van der Waals surface area (Å²) in [7, 11) is 0. The smallest absolute Gasteiger partial charge is 0.422 e. The van der Waals surface area contributed by atoms with Gasteiger partial charge >= 0.3 is 6.18 Å². The first-order chi connectivity index (χ1) is 8.85. The third kappa shape index (κ3) is 5.06. The predicted octanol–water partition coefficient (Wildman–Crippen LogP) is 3.83. The van der Waals surface area contributed by atoms with Crippen LogP contribution in [0.1, 0.15) is 31.9 Å². The van der Waals surface area contributed by atoms with Crippen LogP contribution in [0.15, 0.2) is 18.2 Å². The molecule has 0 saturated carbocycles. The second kappa shape index (κ2) is 6.75. The third-order valence-electron chi connectivity index (χ3n) is 2.54. The van der Waals surface area contributed by atoms with Gasteiger partial charge in [0.1, 0.15) is 11.6 Å². The van der Waals surface area contributed by atoms with Gasteiger partial charge in [-0.2, -0.15) is 13.2 Å². The molecule has 1 atom stereocenters. The maximum absolute atomic E-state index is 13.7. The molecule has 0 spiro atoms. The summed E-state index contributed by atoms with van der Waals surface area (Å²) in [6.45, 7) is 2.86. The third-order valence-corrected chi connectivity index (χ3v) is 2.54. The maximum Gasteiger partial charge on any atom is 0.422 e. The van der Waals surface area contributed by atoms with Crippen molar-refractivity contribution in [2.24, 2.45) is 0 Å². The second-order valence-corrected chi connectivity index (χ2v) is 4.23. The van der Waals surface area contributed by atoms with E-state index in [-0.39, 0.29) is 11.3 Å². The minimum absolute atomic E-state index is 0.0755. The summed E-state index contributed by atoms with van der Waals surface area (Å²) in [5.41, 5.74) is 0.125. The van der Waals surface area contributed by atoms with Gasteiger partial charge in [0.05, 0.1) is 0 Å². The highest BCUT2D eigenvalue weighted by Gasteiger charge is 2.29. The highest BCUT2D eigenvalue weighted by molar-refractivity contribution is 5.37. The topological polar surface area (TPSA) is 21.3 Å². The van der Waals surface area contributed by atoms with E-state index in [9.17, 15) is 17.6 Å². The van der Waals surface area contributed by atoms with E-state index >= 15 is 0 Å². The van der Waals surface area contributed by atoms with Crippen molar-refractivity contribution in [1.82, 2.24) is 5.32 Å². The van der Waals surface area contributed by atoms with Gasteiger partial charge in [0.2, 0.25) is 0 Å². The first-order valence-electron chi connectivity index (χ1n) is 6.06. The number of benzene rings is 1. The fourth-order valence-corrected chi connectivity index (χ4v) is 1.69. The van der Waals surface area contributed by atoms with E-state index in [2.05, 4.69) is 10.1 Å². The largest absolute Gasteiger partial charge is 0.484 e. The molecule has 1 unspecified atom stereocenters. The summed E-state index contributed by atoms with van der Waals surface area (Å²) < 4.78 is 54.9. The molecule has 1 aromatic rings. The number of hydrogen-bond acceptors (Lipinski definition) is 2. The Hall–Kier alpha value is -1.30. The zero-order valence-electron chi connectivity index (χ0n) is 10.9. The lowest BCUT2D eigenvalue weighted by Gasteiger charge is -2.19. The zero-order valence-corrected chi connectivity index (χ0v) is 10.9. The van der Waals surface area contributed by atoms with Crippen molar-refractivity contribution in [3.05, 3.63) is 29.6 Å². The predicted molar refractivity (Wildman–Crippen MR) is 64.7 cm³/mol. The van der Waals surface area contributed by atoms with Gasteiger partial charge in [0.25, 0.3) is 0 Å². The van der Waals surface area contributed by atoms with Gasteiger partial charge in [-0.1, -0.05) is 13.0 Å². The lowest BCUT2D eigenvalue weighted by Crippen LogP contribution is -2.23. The van der Waals surface area contributed by atoms with E-state index < -0.39 is 24.6 Å². The van der Waals surface area contributed by atoms with Crippen molar-refractivity contribution < 1.29 is 22.3 Å². The Kier molecular flexibility index (Phi) is 5.60. The van der Waals surface area contributed by atoms with Gasteiger partial charge in [-0.25, -0.2) is 4.39 Å². The summed E-state index contributed by atoms with van der Waals surface area (Å²) in [6.07, 6.45) is -3.60. The Morgan fingerprint density at radius 1 is 1.32 bits per heavy atom. The molecule has 0 saturated heterocycles. The van der Waals surface area contributed by atoms with Crippen LogP contribution < -0.4 is 10.1 Å². The number of alkyl halides is 3. The van der Waals surface area contributed by atoms with Crippen molar-refractivity contribution in [3.63, 3.8) is 0 Å². The van der Waals surface area contributed by atoms with Crippen molar-refractivity contribution in [1.29, 1.82) is 0 Å². The summed E-state index contributed by atoms with van der Waals surface area (Å²) in [5.74, 6) is -0.649. The average Bonchev–Trinajstić information content (AvgIpc) is 2.32. The van der Waals surface area contributed by atoms with E-state index in [4.69, 9.17) is 0 Å². The molecule has 0 aliphatic heterocycles. The van der Waals surface area contributed by atoms with Gasteiger partial charge < -0.3 is 10.1 Å². The van der Waals surface area contributed by atoms with E-state index in [1.54, 1.807) is 6.92 Å². The average molecular weight is 279 g/mol. The van der Waals surface area contributed by atoms with Crippen LogP contribution in [0.5, 0.6) is 5.75 Å². The number of rotatable bonds is 6. The van der Waals surface area contributed by atoms with E-state index in [0.29, 0.717) is 6.54 Å². The monoisotopic (exact) mass is 279 g/mol.